The first-order valence-electron chi connectivity index (χ1n) is 11.9. The first-order valence-corrected chi connectivity index (χ1v) is 11.9. The Hall–Kier alpha value is -2.48. The van der Waals surface area contributed by atoms with E-state index in [1.54, 1.807) is 0 Å². The SMILES string of the molecule is COC(=O)c1cc2c(cc1C(=O)OC)OCCOCCOCCN(CCN)CCOCCOCCO2. The van der Waals surface area contributed by atoms with E-state index in [-0.39, 0.29) is 49.1 Å². The molecule has 204 valence electrons. The van der Waals surface area contributed by atoms with Crippen LogP contribution in [0.25, 0.3) is 0 Å². The highest BCUT2D eigenvalue weighted by molar-refractivity contribution is 6.04. The molecule has 0 saturated carbocycles. The van der Waals surface area contributed by atoms with Crippen molar-refractivity contribution in [2.75, 3.05) is 106 Å². The molecular weight excluding hydrogens is 476 g/mol. The molecule has 2 N–H and O–H groups in total. The molecule has 0 spiro atoms. The third kappa shape index (κ3) is 10.6. The molecule has 1 aliphatic heterocycles. The monoisotopic (exact) mass is 514 g/mol. The smallest absolute Gasteiger partial charge is 0.338 e. The summed E-state index contributed by atoms with van der Waals surface area (Å²) in [7, 11) is 2.45. The van der Waals surface area contributed by atoms with Gasteiger partial charge in [0, 0.05) is 26.2 Å². The molecule has 0 fully saturated rings. The zero-order valence-electron chi connectivity index (χ0n) is 21.2. The molecule has 0 bridgehead atoms. The van der Waals surface area contributed by atoms with Crippen LogP contribution in [0, 0.1) is 0 Å². The molecule has 12 nitrogen and oxygen atoms in total. The molecule has 1 heterocycles. The largest absolute Gasteiger partial charge is 0.487 e. The minimum Gasteiger partial charge on any atom is -0.487 e. The lowest BCUT2D eigenvalue weighted by molar-refractivity contribution is 0.0189. The quantitative estimate of drug-likeness (QED) is 0.555. The molecule has 0 aromatic heterocycles. The molecule has 0 unspecified atom stereocenters. The Kier molecular flexibility index (Phi) is 14.8. The summed E-state index contributed by atoms with van der Waals surface area (Å²) >= 11 is 0. The standard InChI is InChI=1S/C24H38N2O10/c1-29-23(27)19-17-21-22(18-20(19)24(28)30-2)36-16-14-34-12-10-32-8-6-26(4-3-25)5-7-31-9-11-33-13-15-35-21/h17-18H,3-16,25H2,1-2H3. The summed E-state index contributed by atoms with van der Waals surface area (Å²) in [5, 5.41) is 0. The van der Waals surface area contributed by atoms with Crippen molar-refractivity contribution in [3.05, 3.63) is 23.3 Å². The third-order valence-corrected chi connectivity index (χ3v) is 5.16. The van der Waals surface area contributed by atoms with E-state index in [4.69, 9.17) is 43.6 Å². The van der Waals surface area contributed by atoms with Gasteiger partial charge in [-0.05, 0) is 12.1 Å². The fourth-order valence-corrected chi connectivity index (χ4v) is 3.31. The predicted molar refractivity (Wildman–Crippen MR) is 129 cm³/mol. The molecule has 1 aromatic carbocycles. The lowest BCUT2D eigenvalue weighted by Gasteiger charge is -2.21. The Morgan fingerprint density at radius 1 is 0.722 bits per heavy atom. The summed E-state index contributed by atoms with van der Waals surface area (Å²) < 4.78 is 43.6. The summed E-state index contributed by atoms with van der Waals surface area (Å²) in [6.45, 7) is 6.60. The lowest BCUT2D eigenvalue weighted by atomic mass is 10.1. The van der Waals surface area contributed by atoms with Crippen LogP contribution >= 0.6 is 0 Å². The molecule has 1 aliphatic rings. The Morgan fingerprint density at radius 2 is 1.11 bits per heavy atom. The van der Waals surface area contributed by atoms with Crippen molar-refractivity contribution in [3.8, 4) is 11.5 Å². The summed E-state index contributed by atoms with van der Waals surface area (Å²) in [6.07, 6.45) is 0. The van der Waals surface area contributed by atoms with Gasteiger partial charge in [-0.2, -0.15) is 0 Å². The second kappa shape index (κ2) is 17.9. The lowest BCUT2D eigenvalue weighted by Crippen LogP contribution is -2.35. The average Bonchev–Trinajstić information content (AvgIpc) is 2.89. The van der Waals surface area contributed by atoms with Gasteiger partial charge in [-0.25, -0.2) is 9.59 Å². The Balaban J connectivity index is 2.06. The van der Waals surface area contributed by atoms with Gasteiger partial charge in [0.1, 0.15) is 13.2 Å². The first-order chi connectivity index (χ1) is 17.6. The fourth-order valence-electron chi connectivity index (χ4n) is 3.31. The van der Waals surface area contributed by atoms with Gasteiger partial charge in [0.25, 0.3) is 0 Å². The number of fused-ring (bicyclic) bond motifs is 1. The maximum Gasteiger partial charge on any atom is 0.338 e. The maximum absolute atomic E-state index is 12.3. The zero-order valence-corrected chi connectivity index (χ0v) is 21.2. The van der Waals surface area contributed by atoms with Crippen molar-refractivity contribution in [2.45, 2.75) is 0 Å². The Morgan fingerprint density at radius 3 is 1.50 bits per heavy atom. The van der Waals surface area contributed by atoms with Crippen LogP contribution in [0.4, 0.5) is 0 Å². The van der Waals surface area contributed by atoms with Crippen molar-refractivity contribution < 1.29 is 47.5 Å². The van der Waals surface area contributed by atoms with Gasteiger partial charge in [-0.1, -0.05) is 0 Å². The first kappa shape index (κ1) is 29.7. The second-order valence-electron chi connectivity index (χ2n) is 7.60. The van der Waals surface area contributed by atoms with Crippen LogP contribution in [0.1, 0.15) is 20.7 Å². The van der Waals surface area contributed by atoms with Crippen LogP contribution in [0.3, 0.4) is 0 Å². The van der Waals surface area contributed by atoms with Crippen LogP contribution < -0.4 is 15.2 Å². The molecule has 2 rings (SSSR count). The normalized spacial score (nSPS) is 18.0. The molecule has 0 atom stereocenters. The van der Waals surface area contributed by atoms with Crippen LogP contribution in [0.2, 0.25) is 0 Å². The molecule has 0 radical (unpaired) electrons. The fraction of sp³-hybridized carbons (Fsp3) is 0.667. The number of hydrogen-bond acceptors (Lipinski definition) is 12. The minimum atomic E-state index is -0.703. The average molecular weight is 515 g/mol. The number of nitrogens with two attached hydrogens (primary N) is 1. The number of carbonyl (C=O) groups is 2. The van der Waals surface area contributed by atoms with E-state index < -0.39 is 11.9 Å². The molecule has 36 heavy (non-hydrogen) atoms. The predicted octanol–water partition coefficient (Wildman–Crippen LogP) is 0.358. The van der Waals surface area contributed by atoms with Gasteiger partial charge in [-0.3, -0.25) is 4.90 Å². The Bertz CT molecular complexity index is 731. The van der Waals surface area contributed by atoms with E-state index in [1.165, 1.54) is 26.4 Å². The van der Waals surface area contributed by atoms with Gasteiger partial charge < -0.3 is 43.6 Å². The van der Waals surface area contributed by atoms with Gasteiger partial charge in [-0.15, -0.1) is 0 Å². The van der Waals surface area contributed by atoms with Crippen LogP contribution in [-0.4, -0.2) is 123 Å². The van der Waals surface area contributed by atoms with E-state index >= 15 is 0 Å². The van der Waals surface area contributed by atoms with E-state index in [0.717, 1.165) is 19.6 Å². The van der Waals surface area contributed by atoms with Gasteiger partial charge in [0.05, 0.1) is 78.2 Å². The summed E-state index contributed by atoms with van der Waals surface area (Å²) in [5.74, 6) is -0.883. The molecule has 12 heteroatoms. The summed E-state index contributed by atoms with van der Waals surface area (Å²) in [6, 6.07) is 2.79. The van der Waals surface area contributed by atoms with Gasteiger partial charge >= 0.3 is 11.9 Å². The van der Waals surface area contributed by atoms with E-state index in [9.17, 15) is 9.59 Å². The highest BCUT2D eigenvalue weighted by Gasteiger charge is 2.23. The van der Waals surface area contributed by atoms with Crippen LogP contribution in [-0.2, 0) is 28.4 Å². The molecule has 1 aromatic rings. The van der Waals surface area contributed by atoms with Crippen LogP contribution in [0.5, 0.6) is 11.5 Å². The van der Waals surface area contributed by atoms with Crippen molar-refractivity contribution in [2.24, 2.45) is 5.73 Å². The Labute approximate surface area is 211 Å². The van der Waals surface area contributed by atoms with Crippen molar-refractivity contribution >= 4 is 11.9 Å². The molecule has 0 saturated heterocycles. The second-order valence-corrected chi connectivity index (χ2v) is 7.60. The number of benzene rings is 1. The number of esters is 2. The number of carbonyl (C=O) groups excluding carboxylic acids is 2. The highest BCUT2D eigenvalue weighted by Crippen LogP contribution is 2.32. The van der Waals surface area contributed by atoms with Crippen molar-refractivity contribution in [1.82, 2.24) is 4.90 Å². The topological polar surface area (TPSA) is 137 Å². The molecule has 0 aliphatic carbocycles. The van der Waals surface area contributed by atoms with Gasteiger partial charge in [0.15, 0.2) is 11.5 Å². The summed E-state index contributed by atoms with van der Waals surface area (Å²) in [5.41, 5.74) is 5.70. The van der Waals surface area contributed by atoms with Crippen molar-refractivity contribution in [1.29, 1.82) is 0 Å². The number of nitrogens with zero attached hydrogens (tertiary/aromatic N) is 1. The summed E-state index contributed by atoms with van der Waals surface area (Å²) in [4.78, 5) is 26.7. The van der Waals surface area contributed by atoms with Crippen molar-refractivity contribution in [3.63, 3.8) is 0 Å². The zero-order chi connectivity index (χ0) is 26.0. The number of methoxy groups -OCH3 is 2. The van der Waals surface area contributed by atoms with Gasteiger partial charge in [0.2, 0.25) is 0 Å². The van der Waals surface area contributed by atoms with E-state index in [1.807, 2.05) is 0 Å². The van der Waals surface area contributed by atoms with E-state index in [2.05, 4.69) is 4.90 Å². The number of ether oxygens (including phenoxy) is 8. The molecule has 0 amide bonds. The third-order valence-electron chi connectivity index (χ3n) is 5.16. The highest BCUT2D eigenvalue weighted by atomic mass is 16.6. The van der Waals surface area contributed by atoms with Crippen LogP contribution in [0.15, 0.2) is 12.1 Å². The number of hydrogen-bond donors (Lipinski definition) is 1. The molecular formula is C24H38N2O10. The number of rotatable bonds is 4. The van der Waals surface area contributed by atoms with E-state index in [0.29, 0.717) is 46.2 Å². The minimum absolute atomic E-state index is 0.00335. The maximum atomic E-state index is 12.3.